The molecule has 0 atom stereocenters. The minimum Gasteiger partial charge on any atom is -0.356 e. The van der Waals surface area contributed by atoms with Crippen molar-refractivity contribution in [3.05, 3.63) is 0 Å². The summed E-state index contributed by atoms with van der Waals surface area (Å²) in [6, 6.07) is 0. The Morgan fingerprint density at radius 3 is 1.75 bits per heavy atom. The molecular weight excluding hydrogens is 292 g/mol. The van der Waals surface area contributed by atoms with Crippen LogP contribution in [-0.4, -0.2) is 40.5 Å². The Hall–Kier alpha value is 0.00208. The van der Waals surface area contributed by atoms with E-state index >= 15 is 0 Å². The minimum atomic E-state index is 0. The third-order valence-corrected chi connectivity index (χ3v) is 0.371. The van der Waals surface area contributed by atoms with Gasteiger partial charge in [-0.3, -0.25) is 0 Å². The summed E-state index contributed by atoms with van der Waals surface area (Å²) < 4.78 is 4.66. The van der Waals surface area contributed by atoms with Gasteiger partial charge in [-0.15, -0.1) is 12.8 Å². The van der Waals surface area contributed by atoms with Gasteiger partial charge < -0.3 is 4.74 Å². The molecule has 0 fully saturated rings. The predicted octanol–water partition coefficient (Wildman–Crippen LogP) is -0.111. The minimum absolute atomic E-state index is 0. The van der Waals surface area contributed by atoms with Crippen LogP contribution in [0.5, 0.6) is 0 Å². The van der Waals surface area contributed by atoms with Crippen molar-refractivity contribution in [3.8, 4) is 24.7 Å². The molecule has 1 radical (unpaired) electrons. The van der Waals surface area contributed by atoms with E-state index in [4.69, 9.17) is 12.8 Å². The zero-order valence-corrected chi connectivity index (χ0v) is 9.04. The Morgan fingerprint density at radius 1 is 1.12 bits per heavy atom. The summed E-state index contributed by atoms with van der Waals surface area (Å²) in [7, 11) is 0. The number of terminal acetylenes is 2. The molecule has 0 unspecified atom stereocenters. The number of ether oxygens (including phenoxy) is 1. The SMILES string of the molecule is C#CCOCC#C.[Tl]. The van der Waals surface area contributed by atoms with Crippen molar-refractivity contribution in [3.63, 3.8) is 0 Å². The maximum absolute atomic E-state index is 4.83. The summed E-state index contributed by atoms with van der Waals surface area (Å²) in [6.07, 6.45) is 9.65. The fourth-order valence-electron chi connectivity index (χ4n) is 0.169. The van der Waals surface area contributed by atoms with E-state index in [0.29, 0.717) is 13.2 Å². The van der Waals surface area contributed by atoms with E-state index < -0.39 is 0 Å². The molecule has 0 aliphatic heterocycles. The van der Waals surface area contributed by atoms with Gasteiger partial charge in [0, 0.05) is 27.3 Å². The summed E-state index contributed by atoms with van der Waals surface area (Å²) in [5.41, 5.74) is 0. The summed E-state index contributed by atoms with van der Waals surface area (Å²) >= 11 is 0. The first-order valence-electron chi connectivity index (χ1n) is 1.86. The molecule has 0 N–H and O–H groups in total. The first kappa shape index (κ1) is 10.9. The monoisotopic (exact) mass is 299 g/mol. The number of hydrogen-bond acceptors (Lipinski definition) is 1. The Balaban J connectivity index is 0. The van der Waals surface area contributed by atoms with E-state index in [-0.39, 0.29) is 27.3 Å². The van der Waals surface area contributed by atoms with Gasteiger partial charge in [-0.2, -0.15) is 0 Å². The quantitative estimate of drug-likeness (QED) is 0.393. The Labute approximate surface area is 70.0 Å². The third kappa shape index (κ3) is 9.38. The molecule has 0 bridgehead atoms. The van der Waals surface area contributed by atoms with Gasteiger partial charge in [0.25, 0.3) is 0 Å². The zero-order chi connectivity index (χ0) is 5.54. The van der Waals surface area contributed by atoms with Crippen LogP contribution < -0.4 is 0 Å². The van der Waals surface area contributed by atoms with Crippen LogP contribution in [0.1, 0.15) is 0 Å². The van der Waals surface area contributed by atoms with E-state index in [1.54, 1.807) is 0 Å². The molecule has 0 aromatic heterocycles. The molecule has 0 amide bonds. The second-order valence-corrected chi connectivity index (χ2v) is 0.901. The first-order valence-corrected chi connectivity index (χ1v) is 1.86. The molecule has 0 aromatic carbocycles. The topological polar surface area (TPSA) is 9.23 Å². The average molecular weight is 298 g/mol. The smallest absolute Gasteiger partial charge is 0.108 e. The molecule has 0 aliphatic carbocycles. The largest absolute Gasteiger partial charge is 0.356 e. The van der Waals surface area contributed by atoms with E-state index in [2.05, 4.69) is 16.6 Å². The van der Waals surface area contributed by atoms with Crippen LogP contribution in [0.25, 0.3) is 0 Å². The Morgan fingerprint density at radius 2 is 1.50 bits per heavy atom. The average Bonchev–Trinajstić information content (AvgIpc) is 1.69. The van der Waals surface area contributed by atoms with E-state index in [9.17, 15) is 0 Å². The maximum atomic E-state index is 4.83. The van der Waals surface area contributed by atoms with Gasteiger partial charge in [0.2, 0.25) is 0 Å². The summed E-state index contributed by atoms with van der Waals surface area (Å²) in [5, 5.41) is 0. The van der Waals surface area contributed by atoms with Crippen molar-refractivity contribution in [2.45, 2.75) is 0 Å². The molecule has 1 nitrogen and oxygen atoms in total. The van der Waals surface area contributed by atoms with Crippen molar-refractivity contribution in [2.24, 2.45) is 0 Å². The van der Waals surface area contributed by atoms with Gasteiger partial charge >= 0.3 is 0 Å². The van der Waals surface area contributed by atoms with Crippen LogP contribution in [0, 0.1) is 24.7 Å². The molecule has 8 heavy (non-hydrogen) atoms. The standard InChI is InChI=1S/C6H6O.Tl/c1-3-5-7-6-4-2;/h1-2H,5-6H2;. The van der Waals surface area contributed by atoms with E-state index in [1.807, 2.05) is 0 Å². The van der Waals surface area contributed by atoms with Crippen LogP contribution in [0.4, 0.5) is 0 Å². The summed E-state index contributed by atoms with van der Waals surface area (Å²) in [6.45, 7) is 0.619. The van der Waals surface area contributed by atoms with Gasteiger partial charge in [-0.05, 0) is 0 Å². The fourth-order valence-corrected chi connectivity index (χ4v) is 0.169. The normalized spacial score (nSPS) is 5.75. The van der Waals surface area contributed by atoms with Crippen LogP contribution >= 0.6 is 0 Å². The first-order chi connectivity index (χ1) is 3.41. The third-order valence-electron chi connectivity index (χ3n) is 0.371. The molecular formula is C6H6OTl. The zero-order valence-electron chi connectivity index (χ0n) is 4.55. The second kappa shape index (κ2) is 10.1. The van der Waals surface area contributed by atoms with Gasteiger partial charge in [0.15, 0.2) is 0 Å². The van der Waals surface area contributed by atoms with Crippen LogP contribution in [0.15, 0.2) is 0 Å². The molecule has 0 saturated heterocycles. The fraction of sp³-hybridized carbons (Fsp3) is 0.333. The van der Waals surface area contributed by atoms with Gasteiger partial charge in [0.05, 0.1) is 0 Å². The van der Waals surface area contributed by atoms with Crippen molar-refractivity contribution in [2.75, 3.05) is 13.2 Å². The molecule has 39 valence electrons. The number of hydrogen-bond donors (Lipinski definition) is 0. The molecule has 0 saturated carbocycles. The maximum Gasteiger partial charge on any atom is 0.108 e. The number of rotatable bonds is 2. The second-order valence-electron chi connectivity index (χ2n) is 0.901. The molecule has 0 heterocycles. The predicted molar refractivity (Wildman–Crippen MR) is 34.2 cm³/mol. The Bertz CT molecular complexity index is 92.7. The van der Waals surface area contributed by atoms with Crippen molar-refractivity contribution in [1.29, 1.82) is 0 Å². The van der Waals surface area contributed by atoms with Gasteiger partial charge in [0.1, 0.15) is 13.2 Å². The van der Waals surface area contributed by atoms with Crippen LogP contribution in [-0.2, 0) is 4.74 Å². The van der Waals surface area contributed by atoms with Crippen molar-refractivity contribution in [1.82, 2.24) is 0 Å². The molecule has 0 aromatic rings. The van der Waals surface area contributed by atoms with Crippen LogP contribution in [0.3, 0.4) is 0 Å². The van der Waals surface area contributed by atoms with Crippen molar-refractivity contribution < 1.29 is 4.74 Å². The molecule has 2 heteroatoms. The molecule has 0 rings (SSSR count). The van der Waals surface area contributed by atoms with E-state index in [1.165, 1.54) is 0 Å². The van der Waals surface area contributed by atoms with Crippen LogP contribution in [0.2, 0.25) is 0 Å². The summed E-state index contributed by atoms with van der Waals surface area (Å²) in [4.78, 5) is 0. The molecule has 0 spiro atoms. The summed E-state index contributed by atoms with van der Waals surface area (Å²) in [5.74, 6) is 4.57. The van der Waals surface area contributed by atoms with Gasteiger partial charge in [-0.25, -0.2) is 0 Å². The molecule has 0 aliphatic rings. The van der Waals surface area contributed by atoms with E-state index in [0.717, 1.165) is 0 Å². The van der Waals surface area contributed by atoms with Gasteiger partial charge in [-0.1, -0.05) is 11.8 Å². The van der Waals surface area contributed by atoms with Crippen molar-refractivity contribution >= 4 is 27.3 Å². The Kier molecular flexibility index (Phi) is 13.7.